The molecule has 2 N–H and O–H groups in total. The first-order chi connectivity index (χ1) is 15.2. The van der Waals surface area contributed by atoms with Crippen LogP contribution < -0.4 is 5.73 Å². The molecule has 0 bridgehead atoms. The summed E-state index contributed by atoms with van der Waals surface area (Å²) in [5, 5.41) is 9.08. The zero-order valence-corrected chi connectivity index (χ0v) is 19.5. The van der Waals surface area contributed by atoms with E-state index in [1.165, 1.54) is 18.4 Å². The molecule has 0 saturated carbocycles. The molecule has 1 aliphatic heterocycles. The molecule has 0 amide bonds. The summed E-state index contributed by atoms with van der Waals surface area (Å²) < 4.78 is 28.8. The predicted octanol–water partition coefficient (Wildman–Crippen LogP) is 3.00. The minimum Gasteiger partial charge on any atom is -0.369 e. The van der Waals surface area contributed by atoms with Crippen LogP contribution in [0.4, 0.5) is 0 Å². The van der Waals surface area contributed by atoms with Gasteiger partial charge in [-0.05, 0) is 25.1 Å². The van der Waals surface area contributed by atoms with E-state index in [2.05, 4.69) is 20.3 Å². The zero-order chi connectivity index (χ0) is 22.7. The molecule has 1 aliphatic rings. The minimum atomic E-state index is -3.61. The molecular weight excluding hydrogens is 470 g/mol. The number of halogens is 1. The van der Waals surface area contributed by atoms with Gasteiger partial charge in [-0.3, -0.25) is 4.98 Å². The van der Waals surface area contributed by atoms with Crippen molar-refractivity contribution in [3.63, 3.8) is 0 Å². The molecule has 12 heteroatoms. The van der Waals surface area contributed by atoms with Crippen LogP contribution in [-0.4, -0.2) is 51.5 Å². The maximum absolute atomic E-state index is 12.6. The number of rotatable bonds is 3. The normalized spacial score (nSPS) is 20.5. The number of hydrogen-bond acceptors (Lipinski definition) is 8. The number of thiophene rings is 1. The molecule has 1 atom stereocenters. The van der Waals surface area contributed by atoms with Gasteiger partial charge in [0.05, 0.1) is 44.1 Å². The lowest BCUT2D eigenvalue weighted by Crippen LogP contribution is -2.50. The zero-order valence-electron chi connectivity index (χ0n) is 17.1. The van der Waals surface area contributed by atoms with Crippen molar-refractivity contribution in [1.29, 1.82) is 0 Å². The van der Waals surface area contributed by atoms with E-state index in [0.717, 1.165) is 31.3 Å². The van der Waals surface area contributed by atoms with Crippen molar-refractivity contribution in [2.45, 2.75) is 12.5 Å². The molecular formula is C20H18ClN7O2S2. The van der Waals surface area contributed by atoms with Crippen molar-refractivity contribution in [2.75, 3.05) is 12.8 Å². The number of fused-ring (bicyclic) bond motifs is 1. The number of nitrogens with zero attached hydrogens (tertiary/aromatic N) is 6. The summed E-state index contributed by atoms with van der Waals surface area (Å²) in [4.78, 5) is 9.71. The molecule has 0 aliphatic carbocycles. The molecule has 3 aromatic heterocycles. The first-order valence-corrected chi connectivity index (χ1v) is 12.4. The van der Waals surface area contributed by atoms with Gasteiger partial charge in [0, 0.05) is 24.2 Å². The Bertz CT molecular complexity index is 1460. The average molecular weight is 488 g/mol. The van der Waals surface area contributed by atoms with Crippen LogP contribution in [0.3, 0.4) is 0 Å². The molecule has 0 spiro atoms. The van der Waals surface area contributed by atoms with E-state index >= 15 is 0 Å². The highest BCUT2D eigenvalue weighted by Gasteiger charge is 2.43. The van der Waals surface area contributed by atoms with Gasteiger partial charge in [0.25, 0.3) is 0 Å². The van der Waals surface area contributed by atoms with Crippen LogP contribution in [0.1, 0.15) is 11.8 Å². The molecule has 0 fully saturated rings. The summed E-state index contributed by atoms with van der Waals surface area (Å²) in [6.07, 6.45) is 5.07. The number of sulfonamides is 1. The summed E-state index contributed by atoms with van der Waals surface area (Å²) in [7, 11) is -2.22. The third kappa shape index (κ3) is 3.24. The van der Waals surface area contributed by atoms with Crippen LogP contribution in [-0.2, 0) is 15.6 Å². The summed E-state index contributed by atoms with van der Waals surface area (Å²) in [6.45, 7) is 1.74. The molecule has 4 heterocycles. The fraction of sp³-hybridized carbons (Fsp3) is 0.200. The molecule has 4 aromatic rings. The highest BCUT2D eigenvalue weighted by Crippen LogP contribution is 2.47. The van der Waals surface area contributed by atoms with Gasteiger partial charge >= 0.3 is 0 Å². The standard InChI is InChI=1S/C20H18ClN7O2S2/c1-20(11-32(29,30)27(2)19(22)25-20)18-15(21)14-7-8-23-16(17(14)31-18)12-3-5-13(6-4-12)28-10-9-24-26-28/h3-10H,11H2,1-2H3,(H2,22,25). The van der Waals surface area contributed by atoms with E-state index in [1.807, 2.05) is 30.3 Å². The second kappa shape index (κ2) is 7.26. The Morgan fingerprint density at radius 3 is 2.59 bits per heavy atom. The monoisotopic (exact) mass is 487 g/mol. The lowest BCUT2D eigenvalue weighted by atomic mass is 10.0. The Morgan fingerprint density at radius 1 is 1.19 bits per heavy atom. The van der Waals surface area contributed by atoms with E-state index in [4.69, 9.17) is 17.3 Å². The number of pyridine rings is 1. The summed E-state index contributed by atoms with van der Waals surface area (Å²) in [5.41, 5.74) is 7.35. The lowest BCUT2D eigenvalue weighted by molar-refractivity contribution is 0.482. The van der Waals surface area contributed by atoms with Crippen LogP contribution in [0, 0.1) is 0 Å². The summed E-state index contributed by atoms with van der Waals surface area (Å²) >= 11 is 8.14. The van der Waals surface area contributed by atoms with Gasteiger partial charge in [-0.25, -0.2) is 22.4 Å². The Kier molecular flexibility index (Phi) is 4.73. The van der Waals surface area contributed by atoms with Crippen molar-refractivity contribution in [3.8, 4) is 16.9 Å². The molecule has 1 unspecified atom stereocenters. The van der Waals surface area contributed by atoms with Crippen molar-refractivity contribution in [3.05, 3.63) is 58.8 Å². The van der Waals surface area contributed by atoms with Crippen LogP contribution >= 0.6 is 22.9 Å². The fourth-order valence-electron chi connectivity index (χ4n) is 3.73. The highest BCUT2D eigenvalue weighted by molar-refractivity contribution is 7.89. The molecule has 1 aromatic carbocycles. The van der Waals surface area contributed by atoms with Crippen molar-refractivity contribution < 1.29 is 8.42 Å². The van der Waals surface area contributed by atoms with Gasteiger partial charge in [0.2, 0.25) is 16.0 Å². The Labute approximate surface area is 193 Å². The molecule has 32 heavy (non-hydrogen) atoms. The number of guanidine groups is 1. The Morgan fingerprint density at radius 2 is 1.94 bits per heavy atom. The fourth-order valence-corrected chi connectivity index (χ4v) is 7.08. The smallest absolute Gasteiger partial charge is 0.239 e. The first-order valence-electron chi connectivity index (χ1n) is 9.56. The van der Waals surface area contributed by atoms with Gasteiger partial charge < -0.3 is 5.73 Å². The van der Waals surface area contributed by atoms with Crippen LogP contribution in [0.2, 0.25) is 5.02 Å². The molecule has 0 saturated heterocycles. The van der Waals surface area contributed by atoms with E-state index in [-0.39, 0.29) is 11.7 Å². The maximum atomic E-state index is 12.6. The SMILES string of the molecule is CN1C(N)=NC(C)(c2sc3c(-c4ccc(-n5ccnn5)cc4)nccc3c2Cl)CS1(=O)=O. The van der Waals surface area contributed by atoms with Crippen LogP contribution in [0.5, 0.6) is 0 Å². The number of aliphatic imine (C=N–C) groups is 1. The summed E-state index contributed by atoms with van der Waals surface area (Å²) in [5.74, 6) is -0.284. The second-order valence-electron chi connectivity index (χ2n) is 7.64. The van der Waals surface area contributed by atoms with Gasteiger partial charge in [-0.2, -0.15) is 0 Å². The van der Waals surface area contributed by atoms with E-state index < -0.39 is 15.6 Å². The largest absolute Gasteiger partial charge is 0.369 e. The Balaban J connectivity index is 1.64. The third-order valence-electron chi connectivity index (χ3n) is 5.43. The summed E-state index contributed by atoms with van der Waals surface area (Å²) in [6, 6.07) is 9.58. The van der Waals surface area contributed by atoms with Crippen molar-refractivity contribution in [2.24, 2.45) is 10.7 Å². The highest BCUT2D eigenvalue weighted by atomic mass is 35.5. The molecule has 0 radical (unpaired) electrons. The van der Waals surface area contributed by atoms with E-state index in [9.17, 15) is 8.42 Å². The van der Waals surface area contributed by atoms with Gasteiger partial charge in [0.1, 0.15) is 5.54 Å². The minimum absolute atomic E-state index is 0.0608. The molecule has 164 valence electrons. The predicted molar refractivity (Wildman–Crippen MR) is 126 cm³/mol. The van der Waals surface area contributed by atoms with Crippen molar-refractivity contribution >= 4 is 49.0 Å². The lowest BCUT2D eigenvalue weighted by Gasteiger charge is -2.33. The molecule has 5 rings (SSSR count). The topological polar surface area (TPSA) is 119 Å². The van der Waals surface area contributed by atoms with Gasteiger partial charge in [-0.15, -0.1) is 16.4 Å². The van der Waals surface area contributed by atoms with Gasteiger partial charge in [0.15, 0.2) is 0 Å². The second-order valence-corrected chi connectivity index (χ2v) is 11.0. The van der Waals surface area contributed by atoms with Crippen molar-refractivity contribution in [1.82, 2.24) is 24.3 Å². The number of benzene rings is 1. The molecule has 9 nitrogen and oxygen atoms in total. The quantitative estimate of drug-likeness (QED) is 0.474. The number of hydrogen-bond donors (Lipinski definition) is 1. The maximum Gasteiger partial charge on any atom is 0.239 e. The van der Waals surface area contributed by atoms with Crippen LogP contribution in [0.25, 0.3) is 27.0 Å². The van der Waals surface area contributed by atoms with Gasteiger partial charge in [-0.1, -0.05) is 28.9 Å². The van der Waals surface area contributed by atoms with Crippen LogP contribution in [0.15, 0.2) is 53.9 Å². The average Bonchev–Trinajstić information content (AvgIpc) is 3.41. The third-order valence-corrected chi connectivity index (χ3v) is 9.34. The van der Waals surface area contributed by atoms with E-state index in [1.54, 1.807) is 30.2 Å². The number of nitrogens with two attached hydrogens (primary N) is 1. The Hall–Kier alpha value is -3.02. The first kappa shape index (κ1) is 20.9. The van der Waals surface area contributed by atoms with E-state index in [0.29, 0.717) is 9.90 Å². The number of aromatic nitrogens is 4.